The Morgan fingerprint density at radius 3 is 2.43 bits per heavy atom. The molecule has 154 valence electrons. The van der Waals surface area contributed by atoms with Crippen LogP contribution >= 0.6 is 15.9 Å². The number of rotatable bonds is 6. The summed E-state index contributed by atoms with van der Waals surface area (Å²) in [5, 5.41) is 3.40. The molecule has 2 aromatic carbocycles. The van der Waals surface area contributed by atoms with Crippen molar-refractivity contribution >= 4 is 39.2 Å². The van der Waals surface area contributed by atoms with Gasteiger partial charge in [0.05, 0.1) is 31.2 Å². The summed E-state index contributed by atoms with van der Waals surface area (Å²) in [6.45, 7) is 0.590. The predicted octanol–water partition coefficient (Wildman–Crippen LogP) is 4.55. The molecular formula is C23H21BrN2O4. The van der Waals surface area contributed by atoms with Gasteiger partial charge in [0.2, 0.25) is 0 Å². The molecule has 0 spiro atoms. The molecule has 0 aromatic heterocycles. The fraction of sp³-hybridized carbons (Fsp3) is 0.130. The first-order valence-corrected chi connectivity index (χ1v) is 9.96. The number of hydrogen-bond donors (Lipinski definition) is 1. The van der Waals surface area contributed by atoms with Gasteiger partial charge in [-0.2, -0.15) is 0 Å². The fourth-order valence-corrected chi connectivity index (χ4v) is 3.35. The van der Waals surface area contributed by atoms with Gasteiger partial charge in [0.15, 0.2) is 0 Å². The van der Waals surface area contributed by atoms with E-state index in [4.69, 9.17) is 9.47 Å². The highest BCUT2D eigenvalue weighted by Crippen LogP contribution is 2.35. The molecule has 0 aliphatic carbocycles. The minimum atomic E-state index is -0.652. The Hall–Kier alpha value is -3.32. The van der Waals surface area contributed by atoms with Crippen molar-refractivity contribution in [2.75, 3.05) is 24.4 Å². The number of esters is 2. The number of nitrogens with zero attached hydrogens (tertiary/aromatic N) is 1. The molecule has 0 saturated heterocycles. The molecule has 0 atom stereocenters. The minimum absolute atomic E-state index is 0.0650. The van der Waals surface area contributed by atoms with Gasteiger partial charge in [0.1, 0.15) is 5.70 Å². The number of benzene rings is 2. The molecule has 1 aliphatic rings. The van der Waals surface area contributed by atoms with Crippen LogP contribution in [0.2, 0.25) is 0 Å². The van der Waals surface area contributed by atoms with Crippen molar-refractivity contribution in [1.82, 2.24) is 0 Å². The number of nitrogens with one attached hydrogen (secondary N) is 1. The topological polar surface area (TPSA) is 67.9 Å². The van der Waals surface area contributed by atoms with Gasteiger partial charge in [0, 0.05) is 17.2 Å². The lowest BCUT2D eigenvalue weighted by Gasteiger charge is -2.26. The van der Waals surface area contributed by atoms with Crippen molar-refractivity contribution in [3.05, 3.63) is 94.3 Å². The zero-order valence-corrected chi connectivity index (χ0v) is 18.2. The highest BCUT2D eigenvalue weighted by Gasteiger charge is 2.28. The second-order valence-corrected chi connectivity index (χ2v) is 7.23. The van der Waals surface area contributed by atoms with Crippen molar-refractivity contribution < 1.29 is 19.1 Å². The molecule has 2 aromatic rings. The van der Waals surface area contributed by atoms with Crippen molar-refractivity contribution in [2.24, 2.45) is 0 Å². The van der Waals surface area contributed by atoms with Crippen molar-refractivity contribution in [2.45, 2.75) is 6.54 Å². The molecule has 0 saturated carbocycles. The minimum Gasteiger partial charge on any atom is -0.465 e. The summed E-state index contributed by atoms with van der Waals surface area (Å²) in [5.74, 6) is -1.28. The maximum absolute atomic E-state index is 12.7. The van der Waals surface area contributed by atoms with E-state index < -0.39 is 11.9 Å². The summed E-state index contributed by atoms with van der Waals surface area (Å²) >= 11 is 3.49. The van der Waals surface area contributed by atoms with E-state index in [1.54, 1.807) is 23.3 Å². The molecule has 0 fully saturated rings. The zero-order valence-electron chi connectivity index (χ0n) is 16.6. The van der Waals surface area contributed by atoms with E-state index in [2.05, 4.69) is 21.2 Å². The standard InChI is InChI=1S/C23H21BrN2O4/c1-29-22(27)18-10-6-7-13-26(21(18)23(28)30-2)20-14-17(24)11-12-19(20)25-15-16-8-4-3-5-9-16/h3-14,25H,15H2,1-2H3. The van der Waals surface area contributed by atoms with Crippen LogP contribution in [-0.4, -0.2) is 26.2 Å². The van der Waals surface area contributed by atoms with Gasteiger partial charge >= 0.3 is 11.9 Å². The summed E-state index contributed by atoms with van der Waals surface area (Å²) in [7, 11) is 2.54. The van der Waals surface area contributed by atoms with Gasteiger partial charge in [-0.3, -0.25) is 0 Å². The molecule has 0 bridgehead atoms. The maximum atomic E-state index is 12.7. The van der Waals surface area contributed by atoms with Crippen LogP contribution in [0, 0.1) is 0 Å². The second-order valence-electron chi connectivity index (χ2n) is 6.32. The molecule has 6 nitrogen and oxygen atoms in total. The molecule has 30 heavy (non-hydrogen) atoms. The molecule has 0 amide bonds. The lowest BCUT2D eigenvalue weighted by molar-refractivity contribution is -0.139. The van der Waals surface area contributed by atoms with E-state index in [1.165, 1.54) is 20.3 Å². The summed E-state index contributed by atoms with van der Waals surface area (Å²) in [6, 6.07) is 15.6. The van der Waals surface area contributed by atoms with Gasteiger partial charge in [-0.25, -0.2) is 9.59 Å². The van der Waals surface area contributed by atoms with Crippen LogP contribution in [0.25, 0.3) is 0 Å². The number of methoxy groups -OCH3 is 2. The molecule has 1 heterocycles. The molecular weight excluding hydrogens is 448 g/mol. The van der Waals surface area contributed by atoms with Crippen molar-refractivity contribution in [3.63, 3.8) is 0 Å². The van der Waals surface area contributed by atoms with E-state index in [1.807, 2.05) is 48.5 Å². The van der Waals surface area contributed by atoms with Gasteiger partial charge in [0.25, 0.3) is 0 Å². The zero-order chi connectivity index (χ0) is 21.5. The van der Waals surface area contributed by atoms with Crippen LogP contribution in [0.5, 0.6) is 0 Å². The van der Waals surface area contributed by atoms with Crippen LogP contribution in [-0.2, 0) is 25.6 Å². The predicted molar refractivity (Wildman–Crippen MR) is 120 cm³/mol. The van der Waals surface area contributed by atoms with Gasteiger partial charge in [-0.05, 0) is 35.9 Å². The summed E-state index contributed by atoms with van der Waals surface area (Å²) in [5.41, 5.74) is 2.72. The molecule has 0 radical (unpaired) electrons. The normalized spacial score (nSPS) is 13.1. The lowest BCUT2D eigenvalue weighted by Crippen LogP contribution is -2.27. The monoisotopic (exact) mass is 468 g/mol. The number of allylic oxidation sites excluding steroid dienone is 2. The van der Waals surface area contributed by atoms with E-state index in [0.29, 0.717) is 12.2 Å². The Labute approximate surface area is 183 Å². The Morgan fingerprint density at radius 1 is 1.00 bits per heavy atom. The summed E-state index contributed by atoms with van der Waals surface area (Å²) in [4.78, 5) is 26.7. The van der Waals surface area contributed by atoms with Crippen LogP contribution in [0.3, 0.4) is 0 Å². The molecule has 7 heteroatoms. The summed E-state index contributed by atoms with van der Waals surface area (Å²) in [6.07, 6.45) is 6.64. The number of halogens is 1. The number of carbonyl (C=O) groups is 2. The third-order valence-corrected chi connectivity index (χ3v) is 4.93. The first-order valence-electron chi connectivity index (χ1n) is 9.17. The number of hydrogen-bond acceptors (Lipinski definition) is 6. The Kier molecular flexibility index (Phi) is 7.08. The molecule has 1 N–H and O–H groups in total. The van der Waals surface area contributed by atoms with Crippen LogP contribution in [0.1, 0.15) is 5.56 Å². The number of anilines is 2. The highest BCUT2D eigenvalue weighted by molar-refractivity contribution is 9.10. The number of ether oxygens (including phenoxy) is 2. The maximum Gasteiger partial charge on any atom is 0.355 e. The second kappa shape index (κ2) is 9.93. The quantitative estimate of drug-likeness (QED) is 0.627. The number of carbonyl (C=O) groups excluding carboxylic acids is 2. The lowest BCUT2D eigenvalue weighted by atomic mass is 10.1. The van der Waals surface area contributed by atoms with Crippen molar-refractivity contribution in [1.29, 1.82) is 0 Å². The van der Waals surface area contributed by atoms with Gasteiger partial charge in [-0.1, -0.05) is 52.3 Å². The molecule has 3 rings (SSSR count). The van der Waals surface area contributed by atoms with Crippen molar-refractivity contribution in [3.8, 4) is 0 Å². The third kappa shape index (κ3) is 4.80. The first-order chi connectivity index (χ1) is 14.5. The van der Waals surface area contributed by atoms with E-state index in [0.717, 1.165) is 15.7 Å². The van der Waals surface area contributed by atoms with Gasteiger partial charge in [-0.15, -0.1) is 0 Å². The van der Waals surface area contributed by atoms with Crippen LogP contribution in [0.15, 0.2) is 88.7 Å². The van der Waals surface area contributed by atoms with Crippen LogP contribution in [0.4, 0.5) is 11.4 Å². The average Bonchev–Trinajstić information content (AvgIpc) is 3.00. The van der Waals surface area contributed by atoms with E-state index in [-0.39, 0.29) is 11.3 Å². The van der Waals surface area contributed by atoms with Gasteiger partial charge < -0.3 is 19.7 Å². The molecule has 1 aliphatic heterocycles. The van der Waals surface area contributed by atoms with Crippen LogP contribution < -0.4 is 10.2 Å². The van der Waals surface area contributed by atoms with E-state index in [9.17, 15) is 9.59 Å². The Bertz CT molecular complexity index is 1030. The smallest absolute Gasteiger partial charge is 0.355 e. The largest absolute Gasteiger partial charge is 0.465 e. The Balaban J connectivity index is 2.08. The Morgan fingerprint density at radius 2 is 1.73 bits per heavy atom. The highest BCUT2D eigenvalue weighted by atomic mass is 79.9. The summed E-state index contributed by atoms with van der Waals surface area (Å²) < 4.78 is 10.7. The first kappa shape index (κ1) is 21.4. The fourth-order valence-electron chi connectivity index (χ4n) is 3.00. The average molecular weight is 469 g/mol. The third-order valence-electron chi connectivity index (χ3n) is 4.43. The SMILES string of the molecule is COC(=O)C1=C(C(=O)OC)N(c2cc(Br)ccc2NCc2ccccc2)C=CC=C1. The molecule has 0 unspecified atom stereocenters. The van der Waals surface area contributed by atoms with E-state index >= 15 is 0 Å².